The van der Waals surface area contributed by atoms with Gasteiger partial charge in [0.15, 0.2) is 11.5 Å². The molecule has 0 saturated carbocycles. The summed E-state index contributed by atoms with van der Waals surface area (Å²) in [5.74, 6) is -0.306. The molecular formula is C9H7Cl3O3. The Labute approximate surface area is 102 Å². The van der Waals surface area contributed by atoms with Crippen molar-refractivity contribution in [3.63, 3.8) is 0 Å². The Morgan fingerprint density at radius 1 is 1.20 bits per heavy atom. The van der Waals surface area contributed by atoms with E-state index in [1.54, 1.807) is 0 Å². The van der Waals surface area contributed by atoms with Crippen LogP contribution in [0.1, 0.15) is 6.92 Å². The second-order valence-electron chi connectivity index (χ2n) is 2.61. The molecule has 0 saturated heterocycles. The van der Waals surface area contributed by atoms with E-state index in [2.05, 4.69) is 0 Å². The fourth-order valence-corrected chi connectivity index (χ4v) is 1.68. The van der Waals surface area contributed by atoms with Crippen molar-refractivity contribution in [2.75, 3.05) is 7.11 Å². The van der Waals surface area contributed by atoms with Crippen molar-refractivity contribution in [1.82, 2.24) is 0 Å². The molecule has 6 heteroatoms. The molecule has 0 atom stereocenters. The van der Waals surface area contributed by atoms with Gasteiger partial charge in [0, 0.05) is 6.92 Å². The molecule has 0 N–H and O–H groups in total. The van der Waals surface area contributed by atoms with Gasteiger partial charge in [-0.15, -0.1) is 0 Å². The summed E-state index contributed by atoms with van der Waals surface area (Å²) in [7, 11) is 1.38. The molecule has 0 aliphatic rings. The van der Waals surface area contributed by atoms with Crippen molar-refractivity contribution in [2.45, 2.75) is 6.92 Å². The van der Waals surface area contributed by atoms with Gasteiger partial charge in [0.05, 0.1) is 17.2 Å². The van der Waals surface area contributed by atoms with Crippen LogP contribution in [0.2, 0.25) is 15.1 Å². The molecule has 1 aromatic carbocycles. The van der Waals surface area contributed by atoms with E-state index < -0.39 is 5.97 Å². The highest BCUT2D eigenvalue weighted by Gasteiger charge is 2.18. The number of rotatable bonds is 2. The van der Waals surface area contributed by atoms with Crippen LogP contribution in [-0.2, 0) is 4.79 Å². The predicted molar refractivity (Wildman–Crippen MR) is 59.3 cm³/mol. The molecule has 1 rings (SSSR count). The lowest BCUT2D eigenvalue weighted by Crippen LogP contribution is -2.04. The van der Waals surface area contributed by atoms with Gasteiger partial charge in [-0.05, 0) is 6.07 Å². The third-order valence-electron chi connectivity index (χ3n) is 1.54. The number of carbonyl (C=O) groups is 1. The summed E-state index contributed by atoms with van der Waals surface area (Å²) in [6.07, 6.45) is 0. The molecule has 82 valence electrons. The SMILES string of the molecule is COc1c(Cl)c(Cl)cc(Cl)c1OC(C)=O. The Balaban J connectivity index is 3.35. The fourth-order valence-electron chi connectivity index (χ4n) is 0.978. The minimum Gasteiger partial charge on any atom is -0.491 e. The Bertz CT molecular complexity index is 404. The minimum atomic E-state index is -0.520. The van der Waals surface area contributed by atoms with Gasteiger partial charge in [0.2, 0.25) is 0 Å². The Kier molecular flexibility index (Phi) is 4.08. The number of esters is 1. The van der Waals surface area contributed by atoms with Crippen LogP contribution in [0, 0.1) is 0 Å². The maximum atomic E-state index is 10.8. The standard InChI is InChI=1S/C9H7Cl3O3/c1-4(13)15-8-6(11)3-5(10)7(12)9(8)14-2/h3H,1-2H3. The number of methoxy groups -OCH3 is 1. The number of ether oxygens (including phenoxy) is 2. The van der Waals surface area contributed by atoms with Crippen molar-refractivity contribution < 1.29 is 14.3 Å². The van der Waals surface area contributed by atoms with E-state index in [-0.39, 0.29) is 26.6 Å². The molecular weight excluding hydrogens is 262 g/mol. The molecule has 0 aliphatic carbocycles. The van der Waals surface area contributed by atoms with Crippen LogP contribution in [0.4, 0.5) is 0 Å². The second kappa shape index (κ2) is 4.92. The highest BCUT2D eigenvalue weighted by Crippen LogP contribution is 2.44. The van der Waals surface area contributed by atoms with Crippen LogP contribution >= 0.6 is 34.8 Å². The molecule has 15 heavy (non-hydrogen) atoms. The van der Waals surface area contributed by atoms with Gasteiger partial charge in [0.25, 0.3) is 0 Å². The topological polar surface area (TPSA) is 35.5 Å². The minimum absolute atomic E-state index is 0.0704. The molecule has 0 spiro atoms. The first kappa shape index (κ1) is 12.4. The van der Waals surface area contributed by atoms with Gasteiger partial charge >= 0.3 is 5.97 Å². The molecule has 0 aromatic heterocycles. The van der Waals surface area contributed by atoms with Gasteiger partial charge in [-0.2, -0.15) is 0 Å². The molecule has 3 nitrogen and oxygen atoms in total. The van der Waals surface area contributed by atoms with Crippen LogP contribution in [0.3, 0.4) is 0 Å². The Morgan fingerprint density at radius 3 is 2.27 bits per heavy atom. The fraction of sp³-hybridized carbons (Fsp3) is 0.222. The summed E-state index contributed by atoms with van der Waals surface area (Å²) in [6.45, 7) is 1.25. The summed E-state index contributed by atoms with van der Waals surface area (Å²) < 4.78 is 9.82. The Hall–Kier alpha value is -0.640. The molecule has 0 amide bonds. The predicted octanol–water partition coefficient (Wildman–Crippen LogP) is 3.58. The van der Waals surface area contributed by atoms with E-state index >= 15 is 0 Å². The average molecular weight is 270 g/mol. The van der Waals surface area contributed by atoms with Crippen LogP contribution in [0.25, 0.3) is 0 Å². The first-order chi connectivity index (χ1) is 6.97. The lowest BCUT2D eigenvalue weighted by Gasteiger charge is -2.12. The lowest BCUT2D eigenvalue weighted by molar-refractivity contribution is -0.132. The zero-order chi connectivity index (χ0) is 11.6. The van der Waals surface area contributed by atoms with Gasteiger partial charge in [0.1, 0.15) is 5.02 Å². The van der Waals surface area contributed by atoms with E-state index in [9.17, 15) is 4.79 Å². The van der Waals surface area contributed by atoms with Gasteiger partial charge in [-0.1, -0.05) is 34.8 Å². The number of carbonyl (C=O) groups excluding carboxylic acids is 1. The monoisotopic (exact) mass is 268 g/mol. The maximum Gasteiger partial charge on any atom is 0.308 e. The van der Waals surface area contributed by atoms with E-state index in [4.69, 9.17) is 44.3 Å². The largest absolute Gasteiger partial charge is 0.491 e. The first-order valence-electron chi connectivity index (χ1n) is 3.87. The summed E-state index contributed by atoms with van der Waals surface area (Å²) in [5.41, 5.74) is 0. The molecule has 0 bridgehead atoms. The van der Waals surface area contributed by atoms with Gasteiger partial charge < -0.3 is 9.47 Å². The summed E-state index contributed by atoms with van der Waals surface area (Å²) in [4.78, 5) is 10.8. The van der Waals surface area contributed by atoms with Crippen LogP contribution in [0.5, 0.6) is 11.5 Å². The van der Waals surface area contributed by atoms with Gasteiger partial charge in [-0.25, -0.2) is 0 Å². The van der Waals surface area contributed by atoms with Crippen molar-refractivity contribution in [3.05, 3.63) is 21.1 Å². The second-order valence-corrected chi connectivity index (χ2v) is 3.80. The third-order valence-corrected chi connectivity index (χ3v) is 2.59. The quantitative estimate of drug-likeness (QED) is 0.468. The van der Waals surface area contributed by atoms with E-state index in [0.29, 0.717) is 0 Å². The number of benzene rings is 1. The first-order valence-corrected chi connectivity index (χ1v) is 5.00. The smallest absolute Gasteiger partial charge is 0.308 e. The van der Waals surface area contributed by atoms with Crippen molar-refractivity contribution in [1.29, 1.82) is 0 Å². The summed E-state index contributed by atoms with van der Waals surface area (Å²) >= 11 is 17.4. The zero-order valence-corrected chi connectivity index (χ0v) is 10.2. The zero-order valence-electron chi connectivity index (χ0n) is 7.94. The number of hydrogen-bond acceptors (Lipinski definition) is 3. The van der Waals surface area contributed by atoms with Crippen LogP contribution in [0.15, 0.2) is 6.07 Å². The lowest BCUT2D eigenvalue weighted by atomic mass is 10.3. The number of halogens is 3. The van der Waals surface area contributed by atoms with Crippen molar-refractivity contribution >= 4 is 40.8 Å². The average Bonchev–Trinajstić information content (AvgIpc) is 2.14. The summed E-state index contributed by atoms with van der Waals surface area (Å²) in [6, 6.07) is 1.38. The van der Waals surface area contributed by atoms with E-state index in [0.717, 1.165) is 0 Å². The van der Waals surface area contributed by atoms with Crippen molar-refractivity contribution in [2.24, 2.45) is 0 Å². The maximum absolute atomic E-state index is 10.8. The van der Waals surface area contributed by atoms with Crippen molar-refractivity contribution in [3.8, 4) is 11.5 Å². The molecule has 1 aromatic rings. The molecule has 0 fully saturated rings. The highest BCUT2D eigenvalue weighted by molar-refractivity contribution is 6.44. The third kappa shape index (κ3) is 2.68. The molecule has 0 unspecified atom stereocenters. The molecule has 0 aliphatic heterocycles. The van der Waals surface area contributed by atoms with Crippen LogP contribution < -0.4 is 9.47 Å². The van der Waals surface area contributed by atoms with Gasteiger partial charge in [-0.3, -0.25) is 4.79 Å². The normalized spacial score (nSPS) is 9.93. The Morgan fingerprint density at radius 2 is 1.80 bits per heavy atom. The van der Waals surface area contributed by atoms with E-state index in [1.807, 2.05) is 0 Å². The molecule has 0 heterocycles. The van der Waals surface area contributed by atoms with E-state index in [1.165, 1.54) is 20.1 Å². The highest BCUT2D eigenvalue weighted by atomic mass is 35.5. The van der Waals surface area contributed by atoms with Crippen LogP contribution in [-0.4, -0.2) is 13.1 Å². The summed E-state index contributed by atoms with van der Waals surface area (Å²) in [5, 5.41) is 0.547. The number of hydrogen-bond donors (Lipinski definition) is 0. The molecule has 0 radical (unpaired) electrons.